The minimum absolute atomic E-state index is 0.0935. The molecule has 0 bridgehead atoms. The van der Waals surface area contributed by atoms with Gasteiger partial charge >= 0.3 is 0 Å². The van der Waals surface area contributed by atoms with Crippen LogP contribution >= 0.6 is 0 Å². The van der Waals surface area contributed by atoms with Crippen molar-refractivity contribution in [2.75, 3.05) is 6.54 Å². The molecule has 0 saturated heterocycles. The van der Waals surface area contributed by atoms with Gasteiger partial charge in [-0.2, -0.15) is 0 Å². The third-order valence-electron chi connectivity index (χ3n) is 3.00. The zero-order valence-electron chi connectivity index (χ0n) is 10.2. The predicted molar refractivity (Wildman–Crippen MR) is 63.3 cm³/mol. The van der Waals surface area contributed by atoms with Crippen molar-refractivity contribution >= 4 is 5.91 Å². The van der Waals surface area contributed by atoms with Crippen molar-refractivity contribution in [3.05, 3.63) is 23.7 Å². The van der Waals surface area contributed by atoms with Gasteiger partial charge in [-0.05, 0) is 39.3 Å². The van der Waals surface area contributed by atoms with Gasteiger partial charge in [0.25, 0.3) is 5.91 Å². The molecule has 1 heterocycles. The van der Waals surface area contributed by atoms with Crippen LogP contribution in [0.1, 0.15) is 42.8 Å². The van der Waals surface area contributed by atoms with Crippen molar-refractivity contribution < 1.29 is 9.21 Å². The highest BCUT2D eigenvalue weighted by molar-refractivity contribution is 5.95. The fourth-order valence-corrected chi connectivity index (χ4v) is 1.61. The van der Waals surface area contributed by atoms with Gasteiger partial charge in [-0.1, -0.05) is 6.92 Å². The molecule has 0 radical (unpaired) electrons. The minimum Gasteiger partial charge on any atom is -0.469 e. The van der Waals surface area contributed by atoms with Crippen molar-refractivity contribution in [1.82, 2.24) is 5.32 Å². The Labute approximate surface area is 96.2 Å². The number of rotatable bonds is 5. The maximum atomic E-state index is 12.0. The number of amides is 1. The first kappa shape index (κ1) is 12.8. The number of hydrogen-bond donors (Lipinski definition) is 2. The number of aryl methyl sites for hydroxylation is 1. The van der Waals surface area contributed by atoms with Crippen LogP contribution < -0.4 is 11.1 Å². The van der Waals surface area contributed by atoms with Crippen molar-refractivity contribution in [2.24, 2.45) is 5.73 Å². The van der Waals surface area contributed by atoms with Crippen LogP contribution in [0.2, 0.25) is 0 Å². The third kappa shape index (κ3) is 2.85. The number of hydrogen-bond acceptors (Lipinski definition) is 3. The van der Waals surface area contributed by atoms with E-state index in [4.69, 9.17) is 10.2 Å². The lowest BCUT2D eigenvalue weighted by Gasteiger charge is -2.29. The van der Waals surface area contributed by atoms with Crippen LogP contribution in [0.15, 0.2) is 16.7 Å². The summed E-state index contributed by atoms with van der Waals surface area (Å²) in [6, 6.07) is 1.68. The monoisotopic (exact) mass is 224 g/mol. The molecule has 0 aliphatic rings. The van der Waals surface area contributed by atoms with Crippen LogP contribution in [0.4, 0.5) is 0 Å². The lowest BCUT2D eigenvalue weighted by molar-refractivity contribution is 0.0898. The Hall–Kier alpha value is -1.29. The van der Waals surface area contributed by atoms with E-state index in [9.17, 15) is 4.79 Å². The molecule has 0 fully saturated rings. The summed E-state index contributed by atoms with van der Waals surface area (Å²) in [6.45, 7) is 6.39. The van der Waals surface area contributed by atoms with E-state index in [-0.39, 0.29) is 11.4 Å². The molecule has 4 nitrogen and oxygen atoms in total. The smallest absolute Gasteiger partial charge is 0.255 e. The summed E-state index contributed by atoms with van der Waals surface area (Å²) in [7, 11) is 0. The van der Waals surface area contributed by atoms with Crippen LogP contribution in [0, 0.1) is 6.92 Å². The Balaban J connectivity index is 2.73. The van der Waals surface area contributed by atoms with E-state index in [2.05, 4.69) is 5.32 Å². The van der Waals surface area contributed by atoms with Gasteiger partial charge in [-0.15, -0.1) is 0 Å². The molecule has 4 heteroatoms. The Kier molecular flexibility index (Phi) is 4.12. The molecule has 0 saturated carbocycles. The molecule has 0 aromatic carbocycles. The van der Waals surface area contributed by atoms with Gasteiger partial charge in [0.1, 0.15) is 5.76 Å². The molecule has 1 amide bonds. The van der Waals surface area contributed by atoms with Gasteiger partial charge in [0.05, 0.1) is 11.8 Å². The Morgan fingerprint density at radius 1 is 1.62 bits per heavy atom. The summed E-state index contributed by atoms with van der Waals surface area (Å²) in [5, 5.41) is 3.01. The normalized spacial score (nSPS) is 14.5. The maximum Gasteiger partial charge on any atom is 0.255 e. The van der Waals surface area contributed by atoms with Crippen molar-refractivity contribution in [2.45, 2.75) is 39.2 Å². The highest BCUT2D eigenvalue weighted by atomic mass is 16.3. The first-order valence-electron chi connectivity index (χ1n) is 5.59. The first-order chi connectivity index (χ1) is 7.52. The molecule has 16 heavy (non-hydrogen) atoms. The summed E-state index contributed by atoms with van der Waals surface area (Å²) >= 11 is 0. The highest BCUT2D eigenvalue weighted by Crippen LogP contribution is 2.16. The molecular formula is C12H20N2O2. The van der Waals surface area contributed by atoms with Gasteiger partial charge in [0, 0.05) is 5.54 Å². The number of carbonyl (C=O) groups excluding carboxylic acids is 1. The second-order valence-corrected chi connectivity index (χ2v) is 4.30. The fourth-order valence-electron chi connectivity index (χ4n) is 1.61. The van der Waals surface area contributed by atoms with E-state index in [1.807, 2.05) is 13.8 Å². The fraction of sp³-hybridized carbons (Fsp3) is 0.583. The predicted octanol–water partition coefficient (Wildman–Crippen LogP) is 1.84. The molecular weight excluding hydrogens is 204 g/mol. The maximum absolute atomic E-state index is 12.0. The molecule has 90 valence electrons. The second-order valence-electron chi connectivity index (χ2n) is 4.30. The largest absolute Gasteiger partial charge is 0.469 e. The third-order valence-corrected chi connectivity index (χ3v) is 3.00. The van der Waals surface area contributed by atoms with Crippen LogP contribution in [0.25, 0.3) is 0 Å². The number of nitrogens with one attached hydrogen (secondary N) is 1. The minimum atomic E-state index is -0.241. The molecule has 0 aliphatic heterocycles. The number of carbonyl (C=O) groups is 1. The Morgan fingerprint density at radius 3 is 2.75 bits per heavy atom. The molecule has 3 N–H and O–H groups in total. The van der Waals surface area contributed by atoms with Crippen LogP contribution in [0.3, 0.4) is 0 Å². The van der Waals surface area contributed by atoms with Gasteiger partial charge in [0.2, 0.25) is 0 Å². The van der Waals surface area contributed by atoms with Gasteiger partial charge in [0.15, 0.2) is 0 Å². The molecule has 1 aromatic rings. The lowest BCUT2D eigenvalue weighted by Crippen LogP contribution is -2.46. The van der Waals surface area contributed by atoms with Crippen LogP contribution in [0.5, 0.6) is 0 Å². The molecule has 0 spiro atoms. The summed E-state index contributed by atoms with van der Waals surface area (Å²) in [5.41, 5.74) is 5.90. The summed E-state index contributed by atoms with van der Waals surface area (Å²) in [4.78, 5) is 12.0. The van der Waals surface area contributed by atoms with E-state index in [1.165, 1.54) is 6.26 Å². The topological polar surface area (TPSA) is 68.3 Å². The Morgan fingerprint density at radius 2 is 2.31 bits per heavy atom. The van der Waals surface area contributed by atoms with Crippen molar-refractivity contribution in [3.63, 3.8) is 0 Å². The standard InChI is InChI=1S/C12H20N2O2/c1-4-12(3,6-7-13)14-11(15)10-5-8-16-9(10)2/h5,8H,4,6-7,13H2,1-3H3,(H,14,15). The molecule has 1 rings (SSSR count). The summed E-state index contributed by atoms with van der Waals surface area (Å²) in [5.74, 6) is 0.549. The van der Waals surface area contributed by atoms with Crippen molar-refractivity contribution in [1.29, 1.82) is 0 Å². The van der Waals surface area contributed by atoms with E-state index in [1.54, 1.807) is 13.0 Å². The molecule has 1 atom stereocenters. The van der Waals surface area contributed by atoms with E-state index < -0.39 is 0 Å². The highest BCUT2D eigenvalue weighted by Gasteiger charge is 2.25. The first-order valence-corrected chi connectivity index (χ1v) is 5.59. The zero-order chi connectivity index (χ0) is 12.2. The lowest BCUT2D eigenvalue weighted by atomic mass is 9.94. The van der Waals surface area contributed by atoms with E-state index >= 15 is 0 Å². The van der Waals surface area contributed by atoms with Crippen molar-refractivity contribution in [3.8, 4) is 0 Å². The average molecular weight is 224 g/mol. The van der Waals surface area contributed by atoms with Gasteiger partial charge in [-0.3, -0.25) is 4.79 Å². The quantitative estimate of drug-likeness (QED) is 0.801. The SMILES string of the molecule is CCC(C)(CCN)NC(=O)c1ccoc1C. The molecule has 1 unspecified atom stereocenters. The van der Waals surface area contributed by atoms with E-state index in [0.717, 1.165) is 12.8 Å². The Bertz CT molecular complexity index is 360. The summed E-state index contributed by atoms with van der Waals surface area (Å²) < 4.78 is 5.11. The molecule has 1 aromatic heterocycles. The number of furan rings is 1. The average Bonchev–Trinajstić information content (AvgIpc) is 2.65. The summed E-state index contributed by atoms with van der Waals surface area (Å²) in [6.07, 6.45) is 3.15. The van der Waals surface area contributed by atoms with Gasteiger partial charge < -0.3 is 15.5 Å². The van der Waals surface area contributed by atoms with Crippen LogP contribution in [-0.4, -0.2) is 18.0 Å². The van der Waals surface area contributed by atoms with Crippen LogP contribution in [-0.2, 0) is 0 Å². The number of nitrogens with two attached hydrogens (primary N) is 1. The van der Waals surface area contributed by atoms with Gasteiger partial charge in [-0.25, -0.2) is 0 Å². The second kappa shape index (κ2) is 5.16. The zero-order valence-corrected chi connectivity index (χ0v) is 10.2. The van der Waals surface area contributed by atoms with E-state index in [0.29, 0.717) is 17.9 Å². The molecule has 0 aliphatic carbocycles.